The highest BCUT2D eigenvalue weighted by Gasteiger charge is 1.97. The van der Waals surface area contributed by atoms with Crippen LogP contribution in [-0.2, 0) is 4.74 Å². The summed E-state index contributed by atoms with van der Waals surface area (Å²) in [7, 11) is 0. The molecule has 0 aliphatic carbocycles. The molecule has 1 aromatic rings. The molecule has 2 heteroatoms. The van der Waals surface area contributed by atoms with Crippen LogP contribution in [0.3, 0.4) is 0 Å². The van der Waals surface area contributed by atoms with Crippen LogP contribution in [0.25, 0.3) is 12.3 Å². The Bertz CT molecular complexity index is 448. The minimum absolute atomic E-state index is 0.677. The van der Waals surface area contributed by atoms with Crippen LogP contribution < -0.4 is 10.6 Å². The van der Waals surface area contributed by atoms with Crippen molar-refractivity contribution < 1.29 is 4.74 Å². The van der Waals surface area contributed by atoms with Crippen molar-refractivity contribution in [2.45, 2.75) is 20.3 Å². The third-order valence-electron chi connectivity index (χ3n) is 2.00. The average molecular weight is 203 g/mol. The van der Waals surface area contributed by atoms with Crippen molar-refractivity contribution in [2.24, 2.45) is 0 Å². The van der Waals surface area contributed by atoms with Crippen LogP contribution in [-0.4, -0.2) is 11.6 Å². The van der Waals surface area contributed by atoms with Gasteiger partial charge in [0.25, 0.3) is 0 Å². The lowest BCUT2D eigenvalue weighted by molar-refractivity contribution is 0.276. The summed E-state index contributed by atoms with van der Waals surface area (Å²) in [5.41, 5.74) is 0.955. The molecule has 1 heterocycles. The molecule has 0 bridgehead atoms. The van der Waals surface area contributed by atoms with E-state index >= 15 is 0 Å². The molecule has 0 spiro atoms. The third-order valence-corrected chi connectivity index (χ3v) is 2.00. The number of aromatic nitrogens is 1. The topological polar surface area (TPSA) is 22.1 Å². The lowest BCUT2D eigenvalue weighted by Crippen LogP contribution is -2.30. The van der Waals surface area contributed by atoms with Gasteiger partial charge in [-0.3, -0.25) is 0 Å². The second-order valence-corrected chi connectivity index (χ2v) is 3.38. The summed E-state index contributed by atoms with van der Waals surface area (Å²) in [6.07, 6.45) is 2.65. The van der Waals surface area contributed by atoms with E-state index in [0.29, 0.717) is 12.4 Å². The predicted octanol–water partition coefficient (Wildman–Crippen LogP) is 1.52. The van der Waals surface area contributed by atoms with Crippen LogP contribution in [0.1, 0.15) is 19.0 Å². The fourth-order valence-corrected chi connectivity index (χ4v) is 1.23. The van der Waals surface area contributed by atoms with Crippen molar-refractivity contribution >= 4 is 12.3 Å². The van der Waals surface area contributed by atoms with Crippen molar-refractivity contribution in [1.82, 2.24) is 4.98 Å². The van der Waals surface area contributed by atoms with Crippen molar-refractivity contribution in [1.29, 1.82) is 0 Å². The molecule has 1 rings (SSSR count). The standard InChI is InChI=1S/C13H17NO/c1-5-9-15-12(6-2)13-10(3)7-8-11(4)14-13/h6-8H,2-3,5,9H2,1,4H3/b13-12-. The molecule has 0 aliphatic heterocycles. The zero-order chi connectivity index (χ0) is 11.3. The lowest BCUT2D eigenvalue weighted by atomic mass is 10.3. The number of pyridine rings is 1. The van der Waals surface area contributed by atoms with E-state index in [1.807, 2.05) is 19.1 Å². The van der Waals surface area contributed by atoms with E-state index in [1.54, 1.807) is 6.08 Å². The summed E-state index contributed by atoms with van der Waals surface area (Å²) >= 11 is 0. The molecule has 0 radical (unpaired) electrons. The molecular weight excluding hydrogens is 186 g/mol. The molecule has 15 heavy (non-hydrogen) atoms. The Labute approximate surface area is 90.6 Å². The van der Waals surface area contributed by atoms with Gasteiger partial charge >= 0.3 is 0 Å². The summed E-state index contributed by atoms with van der Waals surface area (Å²) in [5.74, 6) is 0.713. The van der Waals surface area contributed by atoms with Crippen LogP contribution in [0.4, 0.5) is 0 Å². The summed E-state index contributed by atoms with van der Waals surface area (Å²) < 4.78 is 5.56. The summed E-state index contributed by atoms with van der Waals surface area (Å²) in [6, 6.07) is 3.88. The highest BCUT2D eigenvalue weighted by Crippen LogP contribution is 1.97. The second kappa shape index (κ2) is 5.35. The molecule has 0 aromatic carbocycles. The maximum absolute atomic E-state index is 5.56. The monoisotopic (exact) mass is 203 g/mol. The number of hydrogen-bond acceptors (Lipinski definition) is 2. The van der Waals surface area contributed by atoms with Gasteiger partial charge in [0.2, 0.25) is 0 Å². The number of rotatable bonds is 4. The molecule has 0 fully saturated rings. The van der Waals surface area contributed by atoms with Crippen molar-refractivity contribution in [3.63, 3.8) is 0 Å². The predicted molar refractivity (Wildman–Crippen MR) is 63.6 cm³/mol. The van der Waals surface area contributed by atoms with Crippen LogP contribution >= 0.6 is 0 Å². The van der Waals surface area contributed by atoms with E-state index in [2.05, 4.69) is 25.1 Å². The summed E-state index contributed by atoms with van der Waals surface area (Å²) in [6.45, 7) is 12.3. The molecule has 0 atom stereocenters. The number of ether oxygens (including phenoxy) is 1. The van der Waals surface area contributed by atoms with Gasteiger partial charge < -0.3 is 4.74 Å². The molecule has 0 aliphatic rings. The first-order valence-electron chi connectivity index (χ1n) is 5.11. The van der Waals surface area contributed by atoms with Gasteiger partial charge in [0.05, 0.1) is 6.61 Å². The second-order valence-electron chi connectivity index (χ2n) is 3.38. The van der Waals surface area contributed by atoms with Crippen LogP contribution in [0.5, 0.6) is 0 Å². The lowest BCUT2D eigenvalue weighted by Gasteiger charge is -2.04. The Balaban J connectivity index is 3.28. The van der Waals surface area contributed by atoms with Crippen molar-refractivity contribution in [3.05, 3.63) is 41.0 Å². The maximum Gasteiger partial charge on any atom is 0.144 e. The van der Waals surface area contributed by atoms with Crippen LogP contribution in [0.15, 0.2) is 24.8 Å². The van der Waals surface area contributed by atoms with Gasteiger partial charge in [0.15, 0.2) is 0 Å². The van der Waals surface area contributed by atoms with E-state index in [1.165, 1.54) is 0 Å². The van der Waals surface area contributed by atoms with Gasteiger partial charge in [-0.2, -0.15) is 0 Å². The Hall–Kier alpha value is -1.57. The molecular formula is C13H17NO. The largest absolute Gasteiger partial charge is 0.491 e. The SMILES string of the molecule is C=C/C(OCCC)=c1/nc(C)ccc1=C. The Kier molecular flexibility index (Phi) is 4.10. The van der Waals surface area contributed by atoms with E-state index in [9.17, 15) is 0 Å². The Morgan fingerprint density at radius 3 is 2.87 bits per heavy atom. The average Bonchev–Trinajstić information content (AvgIpc) is 2.24. The van der Waals surface area contributed by atoms with Crippen molar-refractivity contribution in [2.75, 3.05) is 6.61 Å². The third kappa shape index (κ3) is 2.94. The number of hydrogen-bond donors (Lipinski definition) is 0. The smallest absolute Gasteiger partial charge is 0.144 e. The molecule has 2 nitrogen and oxygen atoms in total. The first kappa shape index (κ1) is 11.5. The molecule has 1 aromatic heterocycles. The highest BCUT2D eigenvalue weighted by atomic mass is 16.5. The number of aryl methyl sites for hydroxylation is 1. The van der Waals surface area contributed by atoms with Gasteiger partial charge in [-0.1, -0.05) is 26.1 Å². The van der Waals surface area contributed by atoms with Crippen molar-refractivity contribution in [3.8, 4) is 0 Å². The van der Waals surface area contributed by atoms with E-state index in [4.69, 9.17) is 4.74 Å². The van der Waals surface area contributed by atoms with Crippen LogP contribution in [0.2, 0.25) is 0 Å². The normalized spacial score (nSPS) is 12.1. The minimum Gasteiger partial charge on any atom is -0.491 e. The molecule has 0 saturated heterocycles. The highest BCUT2D eigenvalue weighted by molar-refractivity contribution is 5.47. The fraction of sp³-hybridized carbons (Fsp3) is 0.308. The fourth-order valence-electron chi connectivity index (χ4n) is 1.23. The summed E-state index contributed by atoms with van der Waals surface area (Å²) in [4.78, 5) is 4.40. The van der Waals surface area contributed by atoms with E-state index in [0.717, 1.165) is 22.7 Å². The molecule has 0 N–H and O–H groups in total. The zero-order valence-corrected chi connectivity index (χ0v) is 9.42. The molecule has 80 valence electrons. The minimum atomic E-state index is 0.677. The van der Waals surface area contributed by atoms with Gasteiger partial charge in [-0.25, -0.2) is 4.98 Å². The quantitative estimate of drug-likeness (QED) is 0.740. The van der Waals surface area contributed by atoms with Crippen LogP contribution in [0, 0.1) is 6.92 Å². The summed E-state index contributed by atoms with van der Waals surface area (Å²) in [5, 5.41) is 1.66. The van der Waals surface area contributed by atoms with E-state index < -0.39 is 0 Å². The molecule has 0 saturated carbocycles. The Morgan fingerprint density at radius 2 is 2.27 bits per heavy atom. The van der Waals surface area contributed by atoms with Gasteiger partial charge in [-0.15, -0.1) is 0 Å². The van der Waals surface area contributed by atoms with E-state index in [-0.39, 0.29) is 0 Å². The van der Waals surface area contributed by atoms with Gasteiger partial charge in [0.1, 0.15) is 11.1 Å². The zero-order valence-electron chi connectivity index (χ0n) is 9.42. The first-order chi connectivity index (χ1) is 7.19. The Morgan fingerprint density at radius 1 is 1.53 bits per heavy atom. The molecule has 0 amide bonds. The van der Waals surface area contributed by atoms with Gasteiger partial charge in [-0.05, 0) is 30.7 Å². The van der Waals surface area contributed by atoms with Gasteiger partial charge in [0, 0.05) is 5.69 Å². The first-order valence-corrected chi connectivity index (χ1v) is 5.11. The number of nitrogens with zero attached hydrogens (tertiary/aromatic N) is 1. The maximum atomic E-state index is 5.56. The molecule has 0 unspecified atom stereocenters.